The normalized spacial score (nSPS) is 22.7. The van der Waals surface area contributed by atoms with Gasteiger partial charge in [-0.05, 0) is 60.7 Å². The summed E-state index contributed by atoms with van der Waals surface area (Å²) >= 11 is 0. The zero-order valence-electron chi connectivity index (χ0n) is 25.7. The molecule has 3 aromatic rings. The van der Waals surface area contributed by atoms with Gasteiger partial charge in [0.05, 0.1) is 25.1 Å². The standard InChI is InChI=1S/C31H44N6O5S/c1-20(2)23-6-7-26(37-18-22(21(37)3)10-15-43(5,39)40)25-17-33-30(16-24(23)25)34-29-8-11-32-31(35-29)36-12-9-27(41-4)28(19-36)42-14-13-38/h6-8,11,16-17,20-22,27-28,38H,9-10,12-15,18-19H2,1-5H3,(H,32,33,34,35)/t21-,22+,27+,28-/m1/s1. The number of nitrogens with one attached hydrogen (secondary N) is 1. The number of aliphatic hydroxyl groups is 1. The van der Waals surface area contributed by atoms with Gasteiger partial charge in [0, 0.05) is 62.5 Å². The SMILES string of the molecule is CO[C@H]1CCN(c2nccc(Nc3cc4c(C(C)C)ccc(N5C[C@H](CCS(C)(=O)=O)[C@H]5C)c4cn3)n2)C[C@H]1OCCO. The molecule has 11 nitrogen and oxygen atoms in total. The highest BCUT2D eigenvalue weighted by Gasteiger charge is 2.36. The molecule has 2 saturated heterocycles. The van der Waals surface area contributed by atoms with Crippen LogP contribution in [-0.4, -0.2) is 98.7 Å². The Kier molecular flexibility index (Phi) is 9.70. The number of piperidine rings is 1. The fraction of sp³-hybridized carbons (Fsp3) is 0.581. The number of fused-ring (bicyclic) bond motifs is 1. The molecular formula is C31H44N6O5S. The van der Waals surface area contributed by atoms with E-state index in [1.807, 2.05) is 12.3 Å². The second-order valence-corrected chi connectivity index (χ2v) is 14.3. The van der Waals surface area contributed by atoms with Crippen molar-refractivity contribution in [1.29, 1.82) is 0 Å². The van der Waals surface area contributed by atoms with Crippen LogP contribution in [0.3, 0.4) is 0 Å². The highest BCUT2D eigenvalue weighted by atomic mass is 32.2. The number of rotatable bonds is 12. The van der Waals surface area contributed by atoms with Crippen LogP contribution in [0, 0.1) is 5.92 Å². The van der Waals surface area contributed by atoms with Crippen molar-refractivity contribution in [2.24, 2.45) is 5.92 Å². The summed E-state index contributed by atoms with van der Waals surface area (Å²) in [5, 5.41) is 14.8. The number of pyridine rings is 1. The van der Waals surface area contributed by atoms with Gasteiger partial charge in [-0.15, -0.1) is 0 Å². The third-order valence-corrected chi connectivity index (χ3v) is 9.69. The molecule has 2 aliphatic heterocycles. The van der Waals surface area contributed by atoms with E-state index in [1.165, 1.54) is 11.8 Å². The summed E-state index contributed by atoms with van der Waals surface area (Å²) in [5.41, 5.74) is 2.37. The quantitative estimate of drug-likeness (QED) is 0.310. The number of aromatic nitrogens is 3. The topological polar surface area (TPSA) is 130 Å². The molecule has 43 heavy (non-hydrogen) atoms. The highest BCUT2D eigenvalue weighted by Crippen LogP contribution is 2.40. The van der Waals surface area contributed by atoms with Crippen LogP contribution in [0.2, 0.25) is 0 Å². The van der Waals surface area contributed by atoms with Gasteiger partial charge in [0.1, 0.15) is 27.6 Å². The van der Waals surface area contributed by atoms with Gasteiger partial charge in [0.2, 0.25) is 5.95 Å². The van der Waals surface area contributed by atoms with E-state index in [9.17, 15) is 13.5 Å². The van der Waals surface area contributed by atoms with Gasteiger partial charge in [0.15, 0.2) is 0 Å². The maximum Gasteiger partial charge on any atom is 0.227 e. The van der Waals surface area contributed by atoms with E-state index in [4.69, 9.17) is 19.4 Å². The fourth-order valence-electron chi connectivity index (χ4n) is 6.18. The van der Waals surface area contributed by atoms with Crippen LogP contribution in [0.1, 0.15) is 45.1 Å². The summed E-state index contributed by atoms with van der Waals surface area (Å²) in [6.07, 6.45) is 6.21. The Morgan fingerprint density at radius 1 is 1.12 bits per heavy atom. The molecule has 0 unspecified atom stereocenters. The summed E-state index contributed by atoms with van der Waals surface area (Å²) in [6, 6.07) is 8.55. The monoisotopic (exact) mass is 612 g/mol. The first-order valence-electron chi connectivity index (χ1n) is 15.0. The second kappa shape index (κ2) is 13.3. The molecule has 2 aliphatic rings. The van der Waals surface area contributed by atoms with Crippen LogP contribution in [0.25, 0.3) is 10.8 Å². The Morgan fingerprint density at radius 2 is 1.93 bits per heavy atom. The van der Waals surface area contributed by atoms with Gasteiger partial charge in [-0.25, -0.2) is 18.4 Å². The summed E-state index contributed by atoms with van der Waals surface area (Å²) in [7, 11) is -1.28. The van der Waals surface area contributed by atoms with Crippen LogP contribution < -0.4 is 15.1 Å². The molecule has 4 heterocycles. The van der Waals surface area contributed by atoms with E-state index in [-0.39, 0.29) is 37.2 Å². The van der Waals surface area contributed by atoms with E-state index in [0.29, 0.717) is 42.4 Å². The van der Waals surface area contributed by atoms with Crippen LogP contribution in [0.15, 0.2) is 36.7 Å². The van der Waals surface area contributed by atoms with Crippen LogP contribution >= 0.6 is 0 Å². The van der Waals surface area contributed by atoms with Gasteiger partial charge in [-0.1, -0.05) is 19.9 Å². The van der Waals surface area contributed by atoms with Crippen molar-refractivity contribution in [1.82, 2.24) is 15.0 Å². The molecule has 4 atom stereocenters. The third-order valence-electron chi connectivity index (χ3n) is 8.71. The molecule has 234 valence electrons. The average Bonchev–Trinajstić information content (AvgIpc) is 2.98. The summed E-state index contributed by atoms with van der Waals surface area (Å²) < 4.78 is 34.8. The first-order valence-corrected chi connectivity index (χ1v) is 17.1. The van der Waals surface area contributed by atoms with E-state index in [2.05, 4.69) is 59.1 Å². The molecule has 0 spiro atoms. The van der Waals surface area contributed by atoms with Gasteiger partial charge in [0.25, 0.3) is 0 Å². The first kappa shape index (κ1) is 31.4. The smallest absolute Gasteiger partial charge is 0.227 e. The lowest BCUT2D eigenvalue weighted by Gasteiger charge is -2.48. The van der Waals surface area contributed by atoms with E-state index < -0.39 is 9.84 Å². The number of nitrogens with zero attached hydrogens (tertiary/aromatic N) is 5. The van der Waals surface area contributed by atoms with Crippen molar-refractivity contribution in [3.63, 3.8) is 0 Å². The molecule has 0 amide bonds. The highest BCUT2D eigenvalue weighted by molar-refractivity contribution is 7.90. The largest absolute Gasteiger partial charge is 0.394 e. The summed E-state index contributed by atoms with van der Waals surface area (Å²) in [5.74, 6) is 2.85. The number of benzene rings is 1. The maximum atomic E-state index is 11.7. The van der Waals surface area contributed by atoms with Crippen molar-refractivity contribution in [2.45, 2.75) is 57.8 Å². The van der Waals surface area contributed by atoms with Gasteiger partial charge in [-0.2, -0.15) is 4.98 Å². The number of sulfone groups is 1. The lowest BCUT2D eigenvalue weighted by atomic mass is 9.85. The van der Waals surface area contributed by atoms with Crippen LogP contribution in [-0.2, 0) is 19.3 Å². The van der Waals surface area contributed by atoms with Crippen molar-refractivity contribution in [3.8, 4) is 0 Å². The van der Waals surface area contributed by atoms with Gasteiger partial charge < -0.3 is 29.7 Å². The maximum absolute atomic E-state index is 11.7. The molecule has 5 rings (SSSR count). The Balaban J connectivity index is 1.35. The van der Waals surface area contributed by atoms with Crippen molar-refractivity contribution in [2.75, 3.05) is 67.1 Å². The molecule has 2 aromatic heterocycles. The summed E-state index contributed by atoms with van der Waals surface area (Å²) in [6.45, 7) is 8.92. The van der Waals surface area contributed by atoms with Gasteiger partial charge >= 0.3 is 0 Å². The number of hydrogen-bond donors (Lipinski definition) is 2. The number of hydrogen-bond acceptors (Lipinski definition) is 11. The van der Waals surface area contributed by atoms with Gasteiger partial charge in [-0.3, -0.25) is 0 Å². The minimum absolute atomic E-state index is 0.0371. The molecule has 0 radical (unpaired) electrons. The van der Waals surface area contributed by atoms with Crippen molar-refractivity contribution >= 4 is 43.9 Å². The molecule has 2 N–H and O–H groups in total. The number of methoxy groups -OCH3 is 1. The lowest BCUT2D eigenvalue weighted by molar-refractivity contribution is -0.0707. The first-order chi connectivity index (χ1) is 20.6. The van der Waals surface area contributed by atoms with Crippen LogP contribution in [0.5, 0.6) is 0 Å². The minimum Gasteiger partial charge on any atom is -0.394 e. The van der Waals surface area contributed by atoms with Crippen molar-refractivity contribution in [3.05, 3.63) is 42.2 Å². The Morgan fingerprint density at radius 3 is 2.63 bits per heavy atom. The molecule has 0 bridgehead atoms. The molecule has 0 saturated carbocycles. The number of ether oxygens (including phenoxy) is 2. The third kappa shape index (κ3) is 7.19. The Hall–Kier alpha value is -3.06. The minimum atomic E-state index is -2.97. The van der Waals surface area contributed by atoms with E-state index in [1.54, 1.807) is 13.3 Å². The second-order valence-electron chi connectivity index (χ2n) is 12.0. The molecule has 0 aliphatic carbocycles. The predicted octanol–water partition coefficient (Wildman–Crippen LogP) is 3.75. The lowest BCUT2D eigenvalue weighted by Crippen LogP contribution is -2.55. The van der Waals surface area contributed by atoms with E-state index in [0.717, 1.165) is 36.0 Å². The number of aliphatic hydroxyl groups excluding tert-OH is 1. The summed E-state index contributed by atoms with van der Waals surface area (Å²) in [4.78, 5) is 18.5. The Labute approximate surface area is 254 Å². The fourth-order valence-corrected chi connectivity index (χ4v) is 6.92. The molecular weight excluding hydrogens is 568 g/mol. The van der Waals surface area contributed by atoms with Crippen molar-refractivity contribution < 1.29 is 23.0 Å². The predicted molar refractivity (Wildman–Crippen MR) is 170 cm³/mol. The molecule has 1 aromatic carbocycles. The van der Waals surface area contributed by atoms with E-state index >= 15 is 0 Å². The number of anilines is 4. The zero-order valence-corrected chi connectivity index (χ0v) is 26.5. The average molecular weight is 613 g/mol. The molecule has 12 heteroatoms. The van der Waals surface area contributed by atoms with Crippen LogP contribution in [0.4, 0.5) is 23.3 Å². The Bertz CT molecular complexity index is 1520. The molecule has 2 fully saturated rings. The zero-order chi connectivity index (χ0) is 30.7.